The van der Waals surface area contributed by atoms with Crippen LogP contribution in [0.2, 0.25) is 0 Å². The molecule has 4 aromatic carbocycles. The molecule has 0 N–H and O–H groups in total. The average molecular weight is 648 g/mol. The van der Waals surface area contributed by atoms with Crippen LogP contribution in [0.5, 0.6) is 11.5 Å². The van der Waals surface area contributed by atoms with Crippen molar-refractivity contribution in [3.8, 4) is 11.5 Å². The Morgan fingerprint density at radius 3 is 1.62 bits per heavy atom. The first-order valence-electron chi connectivity index (χ1n) is 15.4. The molecule has 0 saturated heterocycles. The Kier molecular flexibility index (Phi) is 11.4. The second-order valence-electron chi connectivity index (χ2n) is 12.0. The van der Waals surface area contributed by atoms with Crippen LogP contribution < -0.4 is 44.1 Å². The minimum absolute atomic E-state index is 0. The van der Waals surface area contributed by atoms with Crippen molar-refractivity contribution in [3.63, 3.8) is 0 Å². The average Bonchev–Trinajstić information content (AvgIpc) is 3.09. The number of hydrogen-bond acceptors (Lipinski definition) is 8. The first kappa shape index (κ1) is 34.6. The van der Waals surface area contributed by atoms with Crippen molar-refractivity contribution in [2.45, 2.75) is 33.0 Å². The number of nitrogens with zero attached hydrogens (tertiary/aromatic N) is 3. The molecule has 9 heteroatoms. The second-order valence-corrected chi connectivity index (χ2v) is 12.0. The molecule has 0 amide bonds. The van der Waals surface area contributed by atoms with E-state index in [1.54, 1.807) is 0 Å². The van der Waals surface area contributed by atoms with Gasteiger partial charge in [0.1, 0.15) is 31.3 Å². The number of aliphatic carboxylic acids is 1. The van der Waals surface area contributed by atoms with E-state index < -0.39 is 11.4 Å². The van der Waals surface area contributed by atoms with Gasteiger partial charge in [0.15, 0.2) is 0 Å². The minimum Gasteiger partial charge on any atom is -0.544 e. The zero-order valence-electron chi connectivity index (χ0n) is 27.2. The monoisotopic (exact) mass is 647 g/mol. The van der Waals surface area contributed by atoms with E-state index in [4.69, 9.17) is 24.3 Å². The predicted octanol–water partition coefficient (Wildman–Crippen LogP) is 3.86. The number of fused-ring (bicyclic) bond motifs is 2. The molecule has 6 rings (SSSR count). The summed E-state index contributed by atoms with van der Waals surface area (Å²) in [6.07, 6.45) is 0.637. The van der Waals surface area contributed by atoms with Gasteiger partial charge in [0.05, 0.1) is 34.6 Å². The van der Waals surface area contributed by atoms with E-state index in [2.05, 4.69) is 19.0 Å². The van der Waals surface area contributed by atoms with E-state index >= 15 is 0 Å². The van der Waals surface area contributed by atoms with Crippen molar-refractivity contribution in [3.05, 3.63) is 144 Å². The van der Waals surface area contributed by atoms with Crippen molar-refractivity contribution in [1.29, 1.82) is 0 Å². The molecule has 236 valence electrons. The summed E-state index contributed by atoms with van der Waals surface area (Å²) >= 11 is 0. The standard InChI is InChI=1S/C39H35N3O5.Na/c1-39(2,26-47-40-23-37(43)44)38(29-13-19-33(20-14-29)45-24-31-17-11-27-7-3-5-9-35(27)41-31)30-15-21-34(22-16-30)46-25-32-18-12-28-8-4-6-10-36(28)42-32;/h3-23,38H,24-26H2,1-2H3,(H,43,44);/q;+1/p-1. The number of aromatic nitrogens is 2. The van der Waals surface area contributed by atoms with Gasteiger partial charge in [-0.1, -0.05) is 91.8 Å². The molecule has 2 aromatic heterocycles. The Hall–Kier alpha value is -4.76. The molecule has 2 heterocycles. The van der Waals surface area contributed by atoms with Crippen molar-refractivity contribution in [2.75, 3.05) is 6.61 Å². The Bertz CT molecular complexity index is 1890. The molecule has 0 aliphatic rings. The number of carboxylic acid groups (broad SMARTS) is 1. The van der Waals surface area contributed by atoms with Gasteiger partial charge >= 0.3 is 29.6 Å². The maximum Gasteiger partial charge on any atom is 1.00 e. The molecule has 6 aromatic rings. The Morgan fingerprint density at radius 2 is 1.17 bits per heavy atom. The summed E-state index contributed by atoms with van der Waals surface area (Å²) in [4.78, 5) is 25.6. The summed E-state index contributed by atoms with van der Waals surface area (Å²) in [5.41, 5.74) is 5.14. The molecule has 8 nitrogen and oxygen atoms in total. The number of para-hydroxylation sites is 2. The molecule has 0 radical (unpaired) electrons. The van der Waals surface area contributed by atoms with Gasteiger partial charge in [-0.15, -0.1) is 0 Å². The van der Waals surface area contributed by atoms with Crippen molar-refractivity contribution in [1.82, 2.24) is 9.97 Å². The van der Waals surface area contributed by atoms with Gasteiger partial charge in [-0.2, -0.15) is 0 Å². The summed E-state index contributed by atoms with van der Waals surface area (Å²) in [5.74, 6) is -0.0985. The Labute approximate surface area is 301 Å². The van der Waals surface area contributed by atoms with E-state index in [9.17, 15) is 9.90 Å². The number of oxime groups is 1. The predicted molar refractivity (Wildman–Crippen MR) is 180 cm³/mol. The zero-order valence-corrected chi connectivity index (χ0v) is 29.2. The van der Waals surface area contributed by atoms with Gasteiger partial charge < -0.3 is 24.2 Å². The fourth-order valence-electron chi connectivity index (χ4n) is 5.67. The second kappa shape index (κ2) is 15.9. The molecule has 0 saturated carbocycles. The van der Waals surface area contributed by atoms with Crippen LogP contribution in [0.3, 0.4) is 0 Å². The summed E-state index contributed by atoms with van der Waals surface area (Å²) in [6, 6.07) is 40.0. The maximum absolute atomic E-state index is 10.8. The van der Waals surface area contributed by atoms with Crippen LogP contribution >= 0.6 is 0 Å². The number of rotatable bonds is 13. The largest absolute Gasteiger partial charge is 1.00 e. The van der Waals surface area contributed by atoms with Gasteiger partial charge in [0.2, 0.25) is 0 Å². The molecule has 48 heavy (non-hydrogen) atoms. The van der Waals surface area contributed by atoms with Crippen LogP contribution in [0.15, 0.2) is 126 Å². The number of carbonyl (C=O) groups is 1. The fourth-order valence-corrected chi connectivity index (χ4v) is 5.67. The van der Waals surface area contributed by atoms with Crippen LogP contribution in [0.25, 0.3) is 21.8 Å². The van der Waals surface area contributed by atoms with E-state index in [-0.39, 0.29) is 42.1 Å². The third-order valence-corrected chi connectivity index (χ3v) is 7.96. The smallest absolute Gasteiger partial charge is 0.544 e. The van der Waals surface area contributed by atoms with Gasteiger partial charge in [-0.3, -0.25) is 0 Å². The van der Waals surface area contributed by atoms with Crippen LogP contribution in [0, 0.1) is 5.41 Å². The number of pyridine rings is 2. The first-order chi connectivity index (χ1) is 22.8. The SMILES string of the molecule is CC(C)(CON=CC(=O)[O-])C(c1ccc(OCc2ccc3ccccc3n2)cc1)c1ccc(OCc2ccc3ccccc3n2)cc1.[Na+]. The molecular formula is C39H34N3NaO5. The molecule has 0 aliphatic heterocycles. The number of carbonyl (C=O) groups excluding carboxylic acids is 1. The van der Waals surface area contributed by atoms with Crippen LogP contribution in [0.1, 0.15) is 42.3 Å². The van der Waals surface area contributed by atoms with Gasteiger partial charge in [-0.25, -0.2) is 9.97 Å². The summed E-state index contributed by atoms with van der Waals surface area (Å²) in [5, 5.41) is 16.5. The third-order valence-electron chi connectivity index (χ3n) is 7.96. The van der Waals surface area contributed by atoms with E-state index in [1.807, 2.05) is 121 Å². The van der Waals surface area contributed by atoms with Crippen molar-refractivity contribution in [2.24, 2.45) is 10.6 Å². The first-order valence-corrected chi connectivity index (χ1v) is 15.4. The van der Waals surface area contributed by atoms with Crippen LogP contribution in [-0.4, -0.2) is 28.8 Å². The Balaban J connectivity index is 0.00000451. The van der Waals surface area contributed by atoms with E-state index in [0.29, 0.717) is 19.4 Å². The number of carboxylic acids is 1. The van der Waals surface area contributed by atoms with Crippen LogP contribution in [-0.2, 0) is 22.8 Å². The molecule has 0 bridgehead atoms. The quantitative estimate of drug-likeness (QED) is 0.107. The molecule has 0 atom stereocenters. The Morgan fingerprint density at radius 1 is 0.708 bits per heavy atom. The van der Waals surface area contributed by atoms with E-state index in [1.165, 1.54) is 0 Å². The summed E-state index contributed by atoms with van der Waals surface area (Å²) in [7, 11) is 0. The summed E-state index contributed by atoms with van der Waals surface area (Å²) in [6.45, 7) is 4.97. The van der Waals surface area contributed by atoms with Crippen molar-refractivity contribution >= 4 is 34.0 Å². The molecule has 0 fully saturated rings. The fraction of sp³-hybridized carbons (Fsp3) is 0.179. The number of benzene rings is 4. The molecular weight excluding hydrogens is 613 g/mol. The summed E-state index contributed by atoms with van der Waals surface area (Å²) < 4.78 is 12.2. The van der Waals surface area contributed by atoms with Gasteiger partial charge in [0.25, 0.3) is 0 Å². The van der Waals surface area contributed by atoms with Gasteiger partial charge in [0, 0.05) is 22.1 Å². The minimum atomic E-state index is -1.41. The normalized spacial score (nSPS) is 11.5. The number of hydrogen-bond donors (Lipinski definition) is 0. The molecule has 0 spiro atoms. The van der Waals surface area contributed by atoms with Crippen molar-refractivity contribution < 1.29 is 53.8 Å². The topological polar surface area (TPSA) is 106 Å². The third kappa shape index (κ3) is 8.77. The van der Waals surface area contributed by atoms with Gasteiger partial charge in [-0.05, 0) is 59.7 Å². The van der Waals surface area contributed by atoms with E-state index in [0.717, 1.165) is 55.8 Å². The molecule has 0 unspecified atom stereocenters. The number of ether oxygens (including phenoxy) is 2. The maximum atomic E-state index is 10.8. The zero-order chi connectivity index (χ0) is 32.6. The van der Waals surface area contributed by atoms with Crippen LogP contribution in [0.4, 0.5) is 0 Å². The molecule has 0 aliphatic carbocycles.